The summed E-state index contributed by atoms with van der Waals surface area (Å²) in [4.78, 5) is 12.0. The Balaban J connectivity index is 0. The molecule has 0 radical (unpaired) electrons. The molecule has 0 aromatic rings. The van der Waals surface area contributed by atoms with Crippen molar-refractivity contribution in [3.8, 4) is 0 Å². The molecule has 0 rings (SSSR count). The summed E-state index contributed by atoms with van der Waals surface area (Å²) in [6.45, 7) is 14.1. The zero-order chi connectivity index (χ0) is 14.1. The molecule has 0 heterocycles. The lowest BCUT2D eigenvalue weighted by Gasteiger charge is -2.34. The summed E-state index contributed by atoms with van der Waals surface area (Å²) in [6.07, 6.45) is 3.50. The van der Waals surface area contributed by atoms with E-state index in [0.29, 0.717) is 0 Å². The largest absolute Gasteiger partial charge is 0.459 e. The fourth-order valence-electron chi connectivity index (χ4n) is 1.45. The average molecular weight is 262 g/mol. The first-order valence-electron chi connectivity index (χ1n) is 6.68. The van der Waals surface area contributed by atoms with Crippen molar-refractivity contribution in [1.82, 2.24) is 0 Å². The Morgan fingerprint density at radius 1 is 0.941 bits per heavy atom. The van der Waals surface area contributed by atoms with Crippen LogP contribution in [0.1, 0.15) is 67.2 Å². The highest BCUT2D eigenvalue weighted by molar-refractivity contribution is 7.15. The van der Waals surface area contributed by atoms with E-state index >= 15 is 0 Å². The molecule has 1 unspecified atom stereocenters. The van der Waals surface area contributed by atoms with Gasteiger partial charge in [0.05, 0.1) is 5.41 Å². The van der Waals surface area contributed by atoms with Gasteiger partial charge < -0.3 is 4.74 Å². The van der Waals surface area contributed by atoms with Crippen LogP contribution < -0.4 is 0 Å². The van der Waals surface area contributed by atoms with E-state index in [1.165, 1.54) is 0 Å². The zero-order valence-corrected chi connectivity index (χ0v) is 13.9. The predicted molar refractivity (Wildman–Crippen MR) is 79.4 cm³/mol. The third kappa shape index (κ3) is 5.86. The molecule has 0 aliphatic rings. The normalized spacial score (nSPS) is 11.5. The van der Waals surface area contributed by atoms with Gasteiger partial charge in [-0.3, -0.25) is 4.79 Å². The molecule has 0 saturated carbocycles. The summed E-state index contributed by atoms with van der Waals surface area (Å²) in [6, 6.07) is 0. The summed E-state index contributed by atoms with van der Waals surface area (Å²) in [5.41, 5.74) is -0.603. The molecule has 0 fully saturated rings. The number of ether oxygens (including phenoxy) is 1. The molecule has 0 bridgehead atoms. The number of hydrogen-bond acceptors (Lipinski definition) is 2. The predicted octanol–water partition coefficient (Wildman–Crippen LogP) is 4.43. The fourth-order valence-corrected chi connectivity index (χ4v) is 1.45. The molecule has 0 aliphatic carbocycles. The minimum atomic E-state index is -0.356. The second-order valence-electron chi connectivity index (χ2n) is 4.87. The minimum Gasteiger partial charge on any atom is -0.459 e. The third-order valence-corrected chi connectivity index (χ3v) is 3.68. The van der Waals surface area contributed by atoms with Gasteiger partial charge in [0.2, 0.25) is 0 Å². The number of carbonyl (C=O) groups excluding carboxylic acids is 1. The van der Waals surface area contributed by atoms with Crippen LogP contribution in [0.5, 0.6) is 0 Å². The van der Waals surface area contributed by atoms with Crippen molar-refractivity contribution in [3.05, 3.63) is 0 Å². The number of rotatable bonds is 6. The van der Waals surface area contributed by atoms with E-state index in [9.17, 15) is 4.79 Å². The van der Waals surface area contributed by atoms with Gasteiger partial charge in [-0.1, -0.05) is 34.4 Å². The summed E-state index contributed by atoms with van der Waals surface area (Å²) < 4.78 is 5.70. The highest BCUT2D eigenvalue weighted by atomic mass is 31.0. The van der Waals surface area contributed by atoms with E-state index in [0.717, 1.165) is 25.7 Å². The molecular weight excluding hydrogens is 231 g/mol. The third-order valence-electron chi connectivity index (χ3n) is 3.68. The molecule has 0 aromatic heterocycles. The molecule has 0 aromatic carbocycles. The first kappa shape index (κ1) is 19.2. The smallest absolute Gasteiger partial charge is 0.312 e. The quantitative estimate of drug-likeness (QED) is 0.523. The molecule has 0 aliphatic heterocycles. The maximum atomic E-state index is 12.0. The maximum Gasteiger partial charge on any atom is 0.312 e. The lowest BCUT2D eigenvalue weighted by Crippen LogP contribution is -2.38. The maximum absolute atomic E-state index is 12.0. The van der Waals surface area contributed by atoms with E-state index in [4.69, 9.17) is 4.74 Å². The van der Waals surface area contributed by atoms with Crippen LogP contribution >= 0.6 is 9.24 Å². The van der Waals surface area contributed by atoms with Gasteiger partial charge in [0, 0.05) is 0 Å². The molecule has 0 amide bonds. The number of carbonyl (C=O) groups is 1. The van der Waals surface area contributed by atoms with Crippen molar-refractivity contribution in [1.29, 1.82) is 0 Å². The summed E-state index contributed by atoms with van der Waals surface area (Å²) in [7, 11) is 2.42. The van der Waals surface area contributed by atoms with Crippen LogP contribution in [-0.4, -0.2) is 18.2 Å². The van der Waals surface area contributed by atoms with Crippen molar-refractivity contribution >= 4 is 15.2 Å². The SMILES string of the molecule is CCC(CC)(CC)OC(=O)C(C)(C)CC.CP. The van der Waals surface area contributed by atoms with Crippen LogP contribution in [0.15, 0.2) is 0 Å². The monoisotopic (exact) mass is 262 g/mol. The number of hydrogen-bond donors (Lipinski definition) is 0. The highest BCUT2D eigenvalue weighted by Crippen LogP contribution is 2.30. The Hall–Kier alpha value is -0.100. The van der Waals surface area contributed by atoms with Gasteiger partial charge in [-0.15, -0.1) is 9.24 Å². The van der Waals surface area contributed by atoms with Crippen LogP contribution in [-0.2, 0) is 9.53 Å². The Morgan fingerprint density at radius 2 is 1.29 bits per heavy atom. The Morgan fingerprint density at radius 3 is 1.53 bits per heavy atom. The van der Waals surface area contributed by atoms with Crippen molar-refractivity contribution < 1.29 is 9.53 Å². The van der Waals surface area contributed by atoms with Crippen molar-refractivity contribution in [2.45, 2.75) is 72.8 Å². The van der Waals surface area contributed by atoms with E-state index < -0.39 is 0 Å². The fraction of sp³-hybridized carbons (Fsp3) is 0.929. The van der Waals surface area contributed by atoms with Crippen LogP contribution in [0.2, 0.25) is 0 Å². The number of esters is 1. The van der Waals surface area contributed by atoms with E-state index in [1.807, 2.05) is 27.4 Å². The van der Waals surface area contributed by atoms with Crippen molar-refractivity contribution in [2.24, 2.45) is 5.41 Å². The summed E-state index contributed by atoms with van der Waals surface area (Å²) in [5.74, 6) is -0.0597. The Kier molecular flexibility index (Phi) is 10.1. The Bertz CT molecular complexity index is 200. The summed E-state index contributed by atoms with van der Waals surface area (Å²) >= 11 is 0. The van der Waals surface area contributed by atoms with E-state index in [2.05, 4.69) is 30.0 Å². The lowest BCUT2D eigenvalue weighted by atomic mass is 9.88. The topological polar surface area (TPSA) is 26.3 Å². The first-order chi connectivity index (χ1) is 7.87. The standard InChI is InChI=1S/C13H26O2.CH5P/c1-7-12(5,6)11(14)15-13(8-2,9-3)10-4;1-2/h7-10H2,1-6H3;2H2,1H3. The molecular formula is C14H31O2P. The van der Waals surface area contributed by atoms with Gasteiger partial charge >= 0.3 is 5.97 Å². The highest BCUT2D eigenvalue weighted by Gasteiger charge is 2.35. The van der Waals surface area contributed by atoms with E-state index in [1.54, 1.807) is 0 Å². The van der Waals surface area contributed by atoms with Gasteiger partial charge in [0.25, 0.3) is 0 Å². The molecule has 2 nitrogen and oxygen atoms in total. The van der Waals surface area contributed by atoms with Crippen LogP contribution in [0.4, 0.5) is 0 Å². The molecule has 0 spiro atoms. The molecule has 3 heteroatoms. The Labute approximate surface area is 110 Å². The molecule has 1 atom stereocenters. The van der Waals surface area contributed by atoms with Gasteiger partial charge in [0.15, 0.2) is 0 Å². The molecule has 0 saturated heterocycles. The molecule has 0 N–H and O–H groups in total. The lowest BCUT2D eigenvalue weighted by molar-refractivity contribution is -0.172. The molecule has 17 heavy (non-hydrogen) atoms. The molecule has 104 valence electrons. The van der Waals surface area contributed by atoms with Crippen molar-refractivity contribution in [3.63, 3.8) is 0 Å². The zero-order valence-electron chi connectivity index (χ0n) is 12.7. The van der Waals surface area contributed by atoms with Crippen molar-refractivity contribution in [2.75, 3.05) is 6.66 Å². The van der Waals surface area contributed by atoms with Crippen LogP contribution in [0.3, 0.4) is 0 Å². The van der Waals surface area contributed by atoms with Gasteiger partial charge in [-0.05, 0) is 39.5 Å². The van der Waals surface area contributed by atoms with Crippen LogP contribution in [0, 0.1) is 5.41 Å². The van der Waals surface area contributed by atoms with Gasteiger partial charge in [-0.25, -0.2) is 0 Å². The second kappa shape index (κ2) is 8.91. The van der Waals surface area contributed by atoms with Gasteiger partial charge in [0.1, 0.15) is 5.60 Å². The summed E-state index contributed by atoms with van der Waals surface area (Å²) in [5, 5.41) is 0. The average Bonchev–Trinajstić information content (AvgIpc) is 2.38. The minimum absolute atomic E-state index is 0.0597. The first-order valence-corrected chi connectivity index (χ1v) is 7.84. The van der Waals surface area contributed by atoms with Crippen LogP contribution in [0.25, 0.3) is 0 Å². The van der Waals surface area contributed by atoms with Gasteiger partial charge in [-0.2, -0.15) is 0 Å². The second-order valence-corrected chi connectivity index (χ2v) is 4.87. The van der Waals surface area contributed by atoms with E-state index in [-0.39, 0.29) is 17.0 Å².